The lowest BCUT2D eigenvalue weighted by atomic mass is 10.1. The summed E-state index contributed by atoms with van der Waals surface area (Å²) < 4.78 is 0. The first-order valence-corrected chi connectivity index (χ1v) is 3.91. The van der Waals surface area contributed by atoms with Gasteiger partial charge in [0.1, 0.15) is 5.60 Å². The van der Waals surface area contributed by atoms with Crippen LogP contribution in [-0.2, 0) is 4.79 Å². The molecular weight excluding hydrogens is 142 g/mol. The molecule has 1 amide bonds. The van der Waals surface area contributed by atoms with Crippen molar-refractivity contribution in [3.63, 3.8) is 0 Å². The highest BCUT2D eigenvalue weighted by Crippen LogP contribution is 2.01. The number of amides is 1. The van der Waals surface area contributed by atoms with E-state index < -0.39 is 5.60 Å². The molecule has 0 heterocycles. The van der Waals surface area contributed by atoms with E-state index in [4.69, 9.17) is 0 Å². The summed E-state index contributed by atoms with van der Waals surface area (Å²) in [5, 5.41) is 11.9. The normalized spacial score (nSPS) is 14.3. The molecule has 11 heavy (non-hydrogen) atoms. The molecule has 0 aliphatic carbocycles. The van der Waals surface area contributed by atoms with Crippen molar-refractivity contribution in [1.82, 2.24) is 5.32 Å². The predicted molar refractivity (Wildman–Crippen MR) is 44.2 cm³/mol. The highest BCUT2D eigenvalue weighted by molar-refractivity contribution is 5.84. The molecule has 66 valence electrons. The summed E-state index contributed by atoms with van der Waals surface area (Å²) in [4.78, 5) is 11.1. The summed E-state index contributed by atoms with van der Waals surface area (Å²) in [7, 11) is 0. The number of carbonyl (C=O) groups excluding carboxylic acids is 1. The van der Waals surface area contributed by atoms with Crippen LogP contribution in [0.5, 0.6) is 0 Å². The lowest BCUT2D eigenvalue weighted by Gasteiger charge is -2.19. The molecule has 3 nitrogen and oxygen atoms in total. The fourth-order valence-electron chi connectivity index (χ4n) is 0.502. The Hall–Kier alpha value is -0.570. The molecule has 0 rings (SSSR count). The number of carbonyl (C=O) groups is 1. The lowest BCUT2D eigenvalue weighted by Crippen LogP contribution is -2.45. The van der Waals surface area contributed by atoms with Crippen LogP contribution in [0.3, 0.4) is 0 Å². The third-order valence-electron chi connectivity index (χ3n) is 1.55. The van der Waals surface area contributed by atoms with E-state index in [2.05, 4.69) is 5.32 Å². The molecule has 3 heteroatoms. The van der Waals surface area contributed by atoms with E-state index in [9.17, 15) is 9.90 Å². The maximum atomic E-state index is 11.1. The van der Waals surface area contributed by atoms with Crippen molar-refractivity contribution in [1.29, 1.82) is 0 Å². The lowest BCUT2D eigenvalue weighted by molar-refractivity contribution is -0.137. The largest absolute Gasteiger partial charge is 0.381 e. The summed E-state index contributed by atoms with van der Waals surface area (Å²) in [5.74, 6) is -0.313. The van der Waals surface area contributed by atoms with Crippen LogP contribution in [0.15, 0.2) is 0 Å². The average molecular weight is 159 g/mol. The molecule has 0 bridgehead atoms. The zero-order valence-electron chi connectivity index (χ0n) is 7.64. The summed E-state index contributed by atoms with van der Waals surface area (Å²) in [6.07, 6.45) is 0.877. The van der Waals surface area contributed by atoms with Gasteiger partial charge in [0.2, 0.25) is 0 Å². The van der Waals surface area contributed by atoms with Crippen LogP contribution in [0, 0.1) is 0 Å². The van der Waals surface area contributed by atoms with Crippen molar-refractivity contribution >= 4 is 5.91 Å². The minimum absolute atomic E-state index is 0.133. The SMILES string of the molecule is CC[C@@H](C)NC(=O)C(C)(C)O. The fraction of sp³-hybridized carbons (Fsp3) is 0.875. The van der Waals surface area contributed by atoms with E-state index >= 15 is 0 Å². The summed E-state index contributed by atoms with van der Waals surface area (Å²) >= 11 is 0. The second-order valence-electron chi connectivity index (χ2n) is 3.34. The van der Waals surface area contributed by atoms with Gasteiger partial charge in [0.25, 0.3) is 5.91 Å². The zero-order valence-corrected chi connectivity index (χ0v) is 7.64. The van der Waals surface area contributed by atoms with Crippen LogP contribution in [0.4, 0.5) is 0 Å². The standard InChI is InChI=1S/C8H17NO2/c1-5-6(2)9-7(10)8(3,4)11/h6,11H,5H2,1-4H3,(H,9,10)/t6-/m1/s1. The molecule has 0 spiro atoms. The maximum Gasteiger partial charge on any atom is 0.251 e. The van der Waals surface area contributed by atoms with Gasteiger partial charge in [-0.2, -0.15) is 0 Å². The number of hydrogen-bond donors (Lipinski definition) is 2. The van der Waals surface area contributed by atoms with Gasteiger partial charge in [-0.15, -0.1) is 0 Å². The number of hydrogen-bond acceptors (Lipinski definition) is 2. The first-order valence-electron chi connectivity index (χ1n) is 3.91. The first-order chi connectivity index (χ1) is 4.88. The highest BCUT2D eigenvalue weighted by Gasteiger charge is 2.24. The topological polar surface area (TPSA) is 49.3 Å². The Kier molecular flexibility index (Phi) is 3.52. The second-order valence-corrected chi connectivity index (χ2v) is 3.34. The van der Waals surface area contributed by atoms with Gasteiger partial charge >= 0.3 is 0 Å². The van der Waals surface area contributed by atoms with Gasteiger partial charge in [-0.25, -0.2) is 0 Å². The molecule has 0 aromatic heterocycles. The molecule has 0 unspecified atom stereocenters. The Balaban J connectivity index is 3.88. The van der Waals surface area contributed by atoms with Gasteiger partial charge in [0.05, 0.1) is 0 Å². The number of aliphatic hydroxyl groups is 1. The highest BCUT2D eigenvalue weighted by atomic mass is 16.3. The predicted octanol–water partition coefficient (Wildman–Crippen LogP) is 0.672. The van der Waals surface area contributed by atoms with Crippen molar-refractivity contribution in [2.75, 3.05) is 0 Å². The molecule has 0 aliphatic heterocycles. The van der Waals surface area contributed by atoms with Crippen molar-refractivity contribution in [3.8, 4) is 0 Å². The molecule has 0 saturated heterocycles. The van der Waals surface area contributed by atoms with Crippen molar-refractivity contribution < 1.29 is 9.90 Å². The monoisotopic (exact) mass is 159 g/mol. The molecular formula is C8H17NO2. The molecule has 0 aromatic carbocycles. The molecule has 0 aliphatic rings. The Labute approximate surface area is 67.8 Å². The van der Waals surface area contributed by atoms with Gasteiger partial charge in [-0.05, 0) is 27.2 Å². The first kappa shape index (κ1) is 10.4. The van der Waals surface area contributed by atoms with Crippen LogP contribution in [0.25, 0.3) is 0 Å². The maximum absolute atomic E-state index is 11.1. The third-order valence-corrected chi connectivity index (χ3v) is 1.55. The number of nitrogens with one attached hydrogen (secondary N) is 1. The van der Waals surface area contributed by atoms with Gasteiger partial charge in [0.15, 0.2) is 0 Å². The quantitative estimate of drug-likeness (QED) is 0.636. The third kappa shape index (κ3) is 3.98. The van der Waals surface area contributed by atoms with Crippen LogP contribution >= 0.6 is 0 Å². The molecule has 0 aromatic rings. The summed E-state index contributed by atoms with van der Waals surface area (Å²) in [5.41, 5.74) is -1.26. The van der Waals surface area contributed by atoms with Crippen LogP contribution in [-0.4, -0.2) is 22.7 Å². The van der Waals surface area contributed by atoms with E-state index in [1.807, 2.05) is 13.8 Å². The van der Waals surface area contributed by atoms with Crippen LogP contribution in [0.1, 0.15) is 34.1 Å². The van der Waals surface area contributed by atoms with Crippen molar-refractivity contribution in [3.05, 3.63) is 0 Å². The Bertz CT molecular complexity index is 138. The molecule has 1 atom stereocenters. The van der Waals surface area contributed by atoms with E-state index in [-0.39, 0.29) is 11.9 Å². The Morgan fingerprint density at radius 3 is 2.36 bits per heavy atom. The van der Waals surface area contributed by atoms with Crippen molar-refractivity contribution in [2.24, 2.45) is 0 Å². The average Bonchev–Trinajstić information content (AvgIpc) is 1.85. The molecule has 0 fully saturated rings. The summed E-state index contributed by atoms with van der Waals surface area (Å²) in [6, 6.07) is 0.133. The van der Waals surface area contributed by atoms with Gasteiger partial charge in [-0.1, -0.05) is 6.92 Å². The summed E-state index contributed by atoms with van der Waals surface area (Å²) in [6.45, 7) is 6.84. The van der Waals surface area contributed by atoms with E-state index in [1.165, 1.54) is 13.8 Å². The van der Waals surface area contributed by atoms with E-state index in [0.29, 0.717) is 0 Å². The minimum Gasteiger partial charge on any atom is -0.381 e. The zero-order chi connectivity index (χ0) is 9.07. The fourth-order valence-corrected chi connectivity index (χ4v) is 0.502. The molecule has 0 saturated carbocycles. The molecule has 2 N–H and O–H groups in total. The smallest absolute Gasteiger partial charge is 0.251 e. The van der Waals surface area contributed by atoms with Gasteiger partial charge in [0, 0.05) is 6.04 Å². The van der Waals surface area contributed by atoms with Gasteiger partial charge < -0.3 is 10.4 Å². The van der Waals surface area contributed by atoms with Crippen molar-refractivity contribution in [2.45, 2.75) is 45.8 Å². The van der Waals surface area contributed by atoms with E-state index in [0.717, 1.165) is 6.42 Å². The Morgan fingerprint density at radius 2 is 2.09 bits per heavy atom. The Morgan fingerprint density at radius 1 is 1.64 bits per heavy atom. The van der Waals surface area contributed by atoms with Crippen LogP contribution < -0.4 is 5.32 Å². The van der Waals surface area contributed by atoms with Gasteiger partial charge in [-0.3, -0.25) is 4.79 Å². The van der Waals surface area contributed by atoms with E-state index in [1.54, 1.807) is 0 Å². The number of rotatable bonds is 3. The minimum atomic E-state index is -1.26. The molecule has 0 radical (unpaired) electrons. The second kappa shape index (κ2) is 3.72. The van der Waals surface area contributed by atoms with Crippen LogP contribution in [0.2, 0.25) is 0 Å².